The number of nitrogens with one attached hydrogen (secondary N) is 1. The Balaban J connectivity index is 2.12. The molecule has 0 atom stereocenters. The van der Waals surface area contributed by atoms with Gasteiger partial charge in [0.2, 0.25) is 0 Å². The average molecular weight is 368 g/mol. The van der Waals surface area contributed by atoms with Crippen LogP contribution in [-0.4, -0.2) is 12.1 Å². The van der Waals surface area contributed by atoms with Crippen molar-refractivity contribution in [3.63, 3.8) is 0 Å². The molecule has 1 aromatic carbocycles. The van der Waals surface area contributed by atoms with E-state index in [0.717, 1.165) is 15.0 Å². The van der Waals surface area contributed by atoms with Crippen molar-refractivity contribution >= 4 is 56.2 Å². The molecule has 18 heavy (non-hydrogen) atoms. The predicted octanol–water partition coefficient (Wildman–Crippen LogP) is 4.83. The maximum absolute atomic E-state index is 6.07. The molecule has 0 fully saturated rings. The van der Waals surface area contributed by atoms with Crippen molar-refractivity contribution in [3.8, 4) is 5.75 Å². The third kappa shape index (κ3) is 3.29. The lowest BCUT2D eigenvalue weighted by Crippen LogP contribution is -1.99. The van der Waals surface area contributed by atoms with E-state index in [-0.39, 0.29) is 0 Å². The topological polar surface area (TPSA) is 34.1 Å². The van der Waals surface area contributed by atoms with Crippen LogP contribution in [0, 0.1) is 0 Å². The predicted molar refractivity (Wildman–Crippen MR) is 80.2 cm³/mol. The van der Waals surface area contributed by atoms with E-state index in [1.165, 1.54) is 11.3 Å². The van der Waals surface area contributed by atoms with Crippen LogP contribution in [0.25, 0.3) is 0 Å². The molecule has 1 N–H and O–H groups in total. The van der Waals surface area contributed by atoms with E-state index in [2.05, 4.69) is 26.2 Å². The largest absolute Gasteiger partial charge is 0.495 e. The van der Waals surface area contributed by atoms with Crippen molar-refractivity contribution in [3.05, 3.63) is 37.2 Å². The Morgan fingerprint density at radius 1 is 1.44 bits per heavy atom. The smallest absolute Gasteiger partial charge is 0.183 e. The van der Waals surface area contributed by atoms with Crippen molar-refractivity contribution < 1.29 is 4.74 Å². The summed E-state index contributed by atoms with van der Waals surface area (Å²) in [5.74, 6) is 0.634. The number of hydrogen-bond donors (Lipinski definition) is 1. The fraction of sp³-hybridized carbons (Fsp3) is 0.182. The molecule has 0 bridgehead atoms. The van der Waals surface area contributed by atoms with E-state index in [9.17, 15) is 0 Å². The number of aromatic nitrogens is 1. The number of methoxy groups -OCH3 is 1. The van der Waals surface area contributed by atoms with E-state index in [1.54, 1.807) is 13.3 Å². The molecule has 0 aliphatic heterocycles. The number of rotatable bonds is 4. The van der Waals surface area contributed by atoms with E-state index >= 15 is 0 Å². The van der Waals surface area contributed by atoms with Crippen LogP contribution in [0.3, 0.4) is 0 Å². The van der Waals surface area contributed by atoms with Crippen LogP contribution < -0.4 is 10.1 Å². The van der Waals surface area contributed by atoms with Crippen LogP contribution in [0.2, 0.25) is 9.49 Å². The fourth-order valence-electron chi connectivity index (χ4n) is 1.37. The maximum atomic E-state index is 6.07. The summed E-state index contributed by atoms with van der Waals surface area (Å²) in [6, 6.07) is 3.64. The summed E-state index contributed by atoms with van der Waals surface area (Å²) in [6.45, 7) is 0.644. The zero-order valence-electron chi connectivity index (χ0n) is 9.34. The van der Waals surface area contributed by atoms with Crippen LogP contribution in [0.1, 0.15) is 4.88 Å². The van der Waals surface area contributed by atoms with Gasteiger partial charge in [-0.1, -0.05) is 23.2 Å². The first-order valence-corrected chi connectivity index (χ1v) is 7.34. The number of hydrogen-bond acceptors (Lipinski definition) is 4. The van der Waals surface area contributed by atoms with Gasteiger partial charge in [-0.15, -0.1) is 11.3 Å². The van der Waals surface area contributed by atoms with Crippen LogP contribution >= 0.6 is 50.5 Å². The second-order valence-corrected chi connectivity index (χ2v) is 6.36. The second kappa shape index (κ2) is 6.10. The first-order valence-electron chi connectivity index (χ1n) is 4.97. The summed E-state index contributed by atoms with van der Waals surface area (Å²) < 4.78 is 6.56. The van der Waals surface area contributed by atoms with Crippen LogP contribution in [-0.2, 0) is 6.54 Å². The van der Waals surface area contributed by atoms with Crippen molar-refractivity contribution in [1.82, 2.24) is 4.98 Å². The second-order valence-electron chi connectivity index (χ2n) is 3.40. The first kappa shape index (κ1) is 13.9. The highest BCUT2D eigenvalue weighted by Crippen LogP contribution is 2.34. The van der Waals surface area contributed by atoms with Gasteiger partial charge in [-0.2, -0.15) is 0 Å². The Morgan fingerprint density at radius 2 is 2.22 bits per heavy atom. The van der Waals surface area contributed by atoms with Crippen molar-refractivity contribution in [2.75, 3.05) is 12.4 Å². The maximum Gasteiger partial charge on any atom is 0.183 e. The molecule has 0 aliphatic carbocycles. The van der Waals surface area contributed by atoms with Gasteiger partial charge >= 0.3 is 0 Å². The van der Waals surface area contributed by atoms with Gasteiger partial charge < -0.3 is 10.1 Å². The third-order valence-electron chi connectivity index (χ3n) is 2.22. The monoisotopic (exact) mass is 366 g/mol. The Bertz CT molecular complexity index is 562. The molecular formula is C11H9BrCl2N2OS. The molecule has 0 amide bonds. The molecule has 1 aromatic heterocycles. The van der Waals surface area contributed by atoms with E-state index in [0.29, 0.717) is 21.8 Å². The minimum atomic E-state index is 0.540. The average Bonchev–Trinajstić information content (AvgIpc) is 2.75. The fourth-order valence-corrected chi connectivity index (χ4v) is 2.99. The van der Waals surface area contributed by atoms with Gasteiger partial charge in [0, 0.05) is 15.5 Å². The lowest BCUT2D eigenvalue weighted by molar-refractivity contribution is 0.415. The summed E-state index contributed by atoms with van der Waals surface area (Å²) in [7, 11) is 1.58. The van der Waals surface area contributed by atoms with Crippen molar-refractivity contribution in [1.29, 1.82) is 0 Å². The molecule has 0 unspecified atom stereocenters. The van der Waals surface area contributed by atoms with Gasteiger partial charge in [0.05, 0.1) is 24.4 Å². The molecular weight excluding hydrogens is 359 g/mol. The van der Waals surface area contributed by atoms with Crippen molar-refractivity contribution in [2.45, 2.75) is 6.54 Å². The summed E-state index contributed by atoms with van der Waals surface area (Å²) in [5.41, 5.74) is 0.894. The molecule has 0 radical (unpaired) electrons. The number of nitrogens with zero attached hydrogens (tertiary/aromatic N) is 1. The van der Waals surface area contributed by atoms with Gasteiger partial charge in [0.25, 0.3) is 0 Å². The number of thiazole rings is 1. The quantitative estimate of drug-likeness (QED) is 0.839. The molecule has 2 rings (SSSR count). The highest BCUT2D eigenvalue weighted by atomic mass is 79.9. The highest BCUT2D eigenvalue weighted by Gasteiger charge is 2.08. The lowest BCUT2D eigenvalue weighted by atomic mass is 10.3. The van der Waals surface area contributed by atoms with Crippen molar-refractivity contribution in [2.24, 2.45) is 0 Å². The zero-order chi connectivity index (χ0) is 13.1. The Hall–Kier alpha value is -0.490. The molecule has 0 aliphatic rings. The first-order chi connectivity index (χ1) is 8.60. The molecule has 1 heterocycles. The van der Waals surface area contributed by atoms with E-state index in [4.69, 9.17) is 27.9 Å². The molecule has 7 heteroatoms. The van der Waals surface area contributed by atoms with Crippen LogP contribution in [0.5, 0.6) is 5.75 Å². The molecule has 3 nitrogen and oxygen atoms in total. The number of halogens is 3. The normalized spacial score (nSPS) is 10.4. The van der Waals surface area contributed by atoms with Gasteiger partial charge in [0.1, 0.15) is 5.75 Å². The summed E-state index contributed by atoms with van der Waals surface area (Å²) in [4.78, 5) is 5.04. The van der Waals surface area contributed by atoms with Crippen LogP contribution in [0.15, 0.2) is 22.8 Å². The van der Waals surface area contributed by atoms with E-state index in [1.807, 2.05) is 12.1 Å². The lowest BCUT2D eigenvalue weighted by Gasteiger charge is -2.10. The number of benzene rings is 1. The SMILES string of the molecule is COc1cc(Br)c(NCc2cnc(Cl)s2)cc1Cl. The Morgan fingerprint density at radius 3 is 2.83 bits per heavy atom. The molecule has 0 saturated heterocycles. The zero-order valence-corrected chi connectivity index (χ0v) is 13.3. The van der Waals surface area contributed by atoms with Gasteiger partial charge in [0.15, 0.2) is 4.47 Å². The highest BCUT2D eigenvalue weighted by molar-refractivity contribution is 9.10. The van der Waals surface area contributed by atoms with Gasteiger partial charge in [-0.25, -0.2) is 4.98 Å². The van der Waals surface area contributed by atoms with Gasteiger partial charge in [-0.3, -0.25) is 0 Å². The van der Waals surface area contributed by atoms with Gasteiger partial charge in [-0.05, 0) is 28.1 Å². The Kier molecular flexibility index (Phi) is 4.72. The summed E-state index contributed by atoms with van der Waals surface area (Å²) in [6.07, 6.45) is 1.75. The molecule has 96 valence electrons. The number of ether oxygens (including phenoxy) is 1. The Labute approximate surface area is 127 Å². The van der Waals surface area contributed by atoms with Crippen LogP contribution in [0.4, 0.5) is 5.69 Å². The molecule has 2 aromatic rings. The standard InChI is InChI=1S/C11H9BrCl2N2OS/c1-17-10-2-7(12)9(3-8(10)13)15-4-6-5-16-11(14)18-6/h2-3,5,15H,4H2,1H3. The summed E-state index contributed by atoms with van der Waals surface area (Å²) in [5, 5.41) is 3.82. The minimum Gasteiger partial charge on any atom is -0.495 e. The third-order valence-corrected chi connectivity index (χ3v) is 4.29. The number of anilines is 1. The molecule has 0 spiro atoms. The summed E-state index contributed by atoms with van der Waals surface area (Å²) >= 11 is 16.7. The minimum absolute atomic E-state index is 0.540. The molecule has 0 saturated carbocycles. The van der Waals surface area contributed by atoms with E-state index < -0.39 is 0 Å².